The van der Waals surface area contributed by atoms with Crippen LogP contribution in [0.1, 0.15) is 22.3 Å². The standard InChI is InChI=1S/C72H47N3/c1-5-17-48(18-6-1)50-29-37-54(38-30-50)68-47-69(75-71(74-68)57-43-35-51(36-44-57)49-19-7-2-8-20-49)55-39-31-52(32-40-55)53-33-41-56(42-34-53)70-64-45-63-60-25-13-15-27-65(60)72(58-21-9-3-10-22-58,59-23-11-4-12-24-59)66(63)46-62(64)61-26-14-16-28-67(61)73-70/h1-47H. The van der Waals surface area contributed by atoms with Crippen LogP contribution in [0.25, 0.3) is 111 Å². The fraction of sp³-hybridized carbons (Fsp3) is 0.0139. The van der Waals surface area contributed by atoms with Crippen molar-refractivity contribution in [2.45, 2.75) is 5.41 Å². The SMILES string of the molecule is c1ccc(-c2ccc(-c3cc(-c4ccc(-c5ccc(-c6nc7ccccc7c7cc8c(cc67)-c6ccccc6C8(c6ccccc6)c6ccccc6)cc5)cc4)nc(-c4ccc(-c5ccccc5)cc4)n3)cc2)cc1. The van der Waals surface area contributed by atoms with Crippen LogP contribution >= 0.6 is 0 Å². The van der Waals surface area contributed by atoms with E-state index in [9.17, 15) is 0 Å². The summed E-state index contributed by atoms with van der Waals surface area (Å²) in [6, 6.07) is 102. The lowest BCUT2D eigenvalue weighted by atomic mass is 9.67. The van der Waals surface area contributed by atoms with Gasteiger partial charge in [0, 0.05) is 33.0 Å². The predicted molar refractivity (Wildman–Crippen MR) is 310 cm³/mol. The summed E-state index contributed by atoms with van der Waals surface area (Å²) >= 11 is 0. The molecule has 14 rings (SSSR count). The molecular formula is C72H47N3. The van der Waals surface area contributed by atoms with E-state index < -0.39 is 5.41 Å². The van der Waals surface area contributed by atoms with Gasteiger partial charge in [0.25, 0.3) is 0 Å². The number of benzene rings is 11. The summed E-state index contributed by atoms with van der Waals surface area (Å²) in [5.74, 6) is 0.685. The topological polar surface area (TPSA) is 38.7 Å². The van der Waals surface area contributed by atoms with Crippen LogP contribution in [0.15, 0.2) is 285 Å². The van der Waals surface area contributed by atoms with Crippen LogP contribution in [0.3, 0.4) is 0 Å². The minimum atomic E-state index is -0.493. The zero-order chi connectivity index (χ0) is 49.7. The summed E-state index contributed by atoms with van der Waals surface area (Å²) in [6.45, 7) is 0. The van der Waals surface area contributed by atoms with Crippen LogP contribution in [0, 0.1) is 0 Å². The van der Waals surface area contributed by atoms with Gasteiger partial charge in [0.15, 0.2) is 5.82 Å². The van der Waals surface area contributed by atoms with Crippen LogP contribution < -0.4 is 0 Å². The molecule has 0 spiro atoms. The first-order chi connectivity index (χ1) is 37.2. The number of fused-ring (bicyclic) bond motifs is 6. The average molecular weight is 954 g/mol. The van der Waals surface area contributed by atoms with Gasteiger partial charge in [-0.2, -0.15) is 0 Å². The molecule has 0 atom stereocenters. The van der Waals surface area contributed by atoms with Gasteiger partial charge in [0.2, 0.25) is 0 Å². The van der Waals surface area contributed by atoms with Gasteiger partial charge >= 0.3 is 0 Å². The van der Waals surface area contributed by atoms with Gasteiger partial charge in [0.1, 0.15) is 0 Å². The highest BCUT2D eigenvalue weighted by Crippen LogP contribution is 2.57. The summed E-state index contributed by atoms with van der Waals surface area (Å²) in [6.07, 6.45) is 0. The molecule has 3 nitrogen and oxygen atoms in total. The van der Waals surface area contributed by atoms with Crippen molar-refractivity contribution in [2.75, 3.05) is 0 Å². The van der Waals surface area contributed by atoms with E-state index >= 15 is 0 Å². The van der Waals surface area contributed by atoms with Crippen molar-refractivity contribution in [3.05, 3.63) is 307 Å². The van der Waals surface area contributed by atoms with E-state index in [1.54, 1.807) is 0 Å². The van der Waals surface area contributed by atoms with E-state index in [1.165, 1.54) is 55.5 Å². The first-order valence-electron chi connectivity index (χ1n) is 25.7. The number of pyridine rings is 1. The number of hydrogen-bond donors (Lipinski definition) is 0. The summed E-state index contributed by atoms with van der Waals surface area (Å²) < 4.78 is 0. The third-order valence-electron chi connectivity index (χ3n) is 15.2. The third-order valence-corrected chi connectivity index (χ3v) is 15.2. The Balaban J connectivity index is 0.834. The van der Waals surface area contributed by atoms with E-state index in [0.717, 1.165) is 72.3 Å². The lowest BCUT2D eigenvalue weighted by Crippen LogP contribution is -2.28. The van der Waals surface area contributed by atoms with Gasteiger partial charge in [-0.3, -0.25) is 0 Å². The average Bonchev–Trinajstić information content (AvgIpc) is 3.86. The molecule has 75 heavy (non-hydrogen) atoms. The van der Waals surface area contributed by atoms with Crippen molar-refractivity contribution in [1.82, 2.24) is 15.0 Å². The van der Waals surface area contributed by atoms with E-state index in [4.69, 9.17) is 15.0 Å². The molecule has 0 amide bonds. The normalized spacial score (nSPS) is 12.4. The van der Waals surface area contributed by atoms with E-state index in [2.05, 4.69) is 273 Å². The van der Waals surface area contributed by atoms with E-state index in [-0.39, 0.29) is 0 Å². The van der Waals surface area contributed by atoms with Crippen molar-refractivity contribution in [3.8, 4) is 89.7 Å². The second kappa shape index (κ2) is 18.3. The van der Waals surface area contributed by atoms with Gasteiger partial charge in [-0.1, -0.05) is 261 Å². The quantitative estimate of drug-likeness (QED) is 0.135. The second-order valence-corrected chi connectivity index (χ2v) is 19.5. The minimum absolute atomic E-state index is 0.493. The first-order valence-corrected chi connectivity index (χ1v) is 25.7. The number of aromatic nitrogens is 3. The molecule has 2 heterocycles. The highest BCUT2D eigenvalue weighted by molar-refractivity contribution is 6.13. The van der Waals surface area contributed by atoms with E-state index in [1.807, 2.05) is 12.1 Å². The molecule has 0 unspecified atom stereocenters. The molecular weight excluding hydrogens is 907 g/mol. The number of rotatable bonds is 9. The Labute approximate surface area is 436 Å². The lowest BCUT2D eigenvalue weighted by molar-refractivity contribution is 0.769. The molecule has 0 saturated heterocycles. The summed E-state index contributed by atoms with van der Waals surface area (Å²) in [5, 5.41) is 3.48. The Hall–Kier alpha value is -9.83. The minimum Gasteiger partial charge on any atom is -0.247 e. The number of para-hydroxylation sites is 1. The van der Waals surface area contributed by atoms with E-state index in [0.29, 0.717) is 5.82 Å². The molecule has 2 aromatic heterocycles. The van der Waals surface area contributed by atoms with Gasteiger partial charge < -0.3 is 0 Å². The molecule has 1 aliphatic rings. The highest BCUT2D eigenvalue weighted by Gasteiger charge is 2.46. The number of nitrogens with zero attached hydrogens (tertiary/aromatic N) is 3. The number of hydrogen-bond acceptors (Lipinski definition) is 3. The molecule has 0 aliphatic heterocycles. The van der Waals surface area contributed by atoms with Crippen molar-refractivity contribution in [2.24, 2.45) is 0 Å². The third kappa shape index (κ3) is 7.64. The molecule has 0 fully saturated rings. The molecule has 3 heteroatoms. The Morgan fingerprint density at radius 2 is 0.653 bits per heavy atom. The summed E-state index contributed by atoms with van der Waals surface area (Å²) in [4.78, 5) is 15.8. The highest BCUT2D eigenvalue weighted by atomic mass is 14.9. The van der Waals surface area contributed by atoms with Crippen LogP contribution in [0.5, 0.6) is 0 Å². The maximum Gasteiger partial charge on any atom is 0.160 e. The molecule has 1 aliphatic carbocycles. The predicted octanol–water partition coefficient (Wildman–Crippen LogP) is 18.2. The molecule has 0 bridgehead atoms. The summed E-state index contributed by atoms with van der Waals surface area (Å²) in [5.41, 5.74) is 21.8. The van der Waals surface area contributed by atoms with Crippen molar-refractivity contribution in [3.63, 3.8) is 0 Å². The zero-order valence-corrected chi connectivity index (χ0v) is 41.0. The van der Waals surface area contributed by atoms with Crippen molar-refractivity contribution >= 4 is 21.7 Å². The fourth-order valence-corrected chi connectivity index (χ4v) is 11.5. The Bertz CT molecular complexity index is 4070. The van der Waals surface area contributed by atoms with Gasteiger partial charge in [0.05, 0.1) is 28.0 Å². The Kier molecular flexibility index (Phi) is 10.7. The molecule has 0 radical (unpaired) electrons. The maximum absolute atomic E-state index is 5.44. The van der Waals surface area contributed by atoms with Crippen LogP contribution in [-0.2, 0) is 5.41 Å². The largest absolute Gasteiger partial charge is 0.247 e. The second-order valence-electron chi connectivity index (χ2n) is 19.5. The monoisotopic (exact) mass is 953 g/mol. The van der Waals surface area contributed by atoms with Crippen LogP contribution in [0.2, 0.25) is 0 Å². The van der Waals surface area contributed by atoms with Gasteiger partial charge in [-0.05, 0) is 96.4 Å². The Morgan fingerprint density at radius 3 is 1.19 bits per heavy atom. The van der Waals surface area contributed by atoms with Gasteiger partial charge in [-0.25, -0.2) is 15.0 Å². The maximum atomic E-state index is 5.44. The zero-order valence-electron chi connectivity index (χ0n) is 41.0. The van der Waals surface area contributed by atoms with Gasteiger partial charge in [-0.15, -0.1) is 0 Å². The molecule has 0 N–H and O–H groups in total. The molecule has 0 saturated carbocycles. The molecule has 350 valence electrons. The Morgan fingerprint density at radius 1 is 0.240 bits per heavy atom. The summed E-state index contributed by atoms with van der Waals surface area (Å²) in [7, 11) is 0. The van der Waals surface area contributed by atoms with Crippen LogP contribution in [-0.4, -0.2) is 15.0 Å². The first kappa shape index (κ1) is 43.9. The van der Waals surface area contributed by atoms with Crippen molar-refractivity contribution in [1.29, 1.82) is 0 Å². The van der Waals surface area contributed by atoms with Crippen molar-refractivity contribution < 1.29 is 0 Å². The molecule has 11 aromatic carbocycles. The fourth-order valence-electron chi connectivity index (χ4n) is 11.5. The lowest BCUT2D eigenvalue weighted by Gasteiger charge is -2.34. The smallest absolute Gasteiger partial charge is 0.160 e. The molecule has 13 aromatic rings. The van der Waals surface area contributed by atoms with Crippen LogP contribution in [0.4, 0.5) is 0 Å².